The molecular weight excluding hydrogens is 330 g/mol. The molecule has 0 amide bonds. The van der Waals surface area contributed by atoms with Crippen LogP contribution in [0.1, 0.15) is 15.9 Å². The Morgan fingerprint density at radius 1 is 1.20 bits per heavy atom. The molecule has 9 nitrogen and oxygen atoms in total. The van der Waals surface area contributed by atoms with E-state index in [9.17, 15) is 24.5 Å². The van der Waals surface area contributed by atoms with Crippen molar-refractivity contribution in [2.75, 3.05) is 0 Å². The van der Waals surface area contributed by atoms with Gasteiger partial charge in [-0.25, -0.2) is 9.59 Å². The largest absolute Gasteiger partial charge is 0.478 e. The molecule has 0 aliphatic rings. The van der Waals surface area contributed by atoms with Crippen LogP contribution in [0.5, 0.6) is 0 Å². The average molecular weight is 341 g/mol. The summed E-state index contributed by atoms with van der Waals surface area (Å²) in [7, 11) is 0. The predicted octanol–water partition coefficient (Wildman–Crippen LogP) is 1.34. The van der Waals surface area contributed by atoms with Crippen LogP contribution in [0.2, 0.25) is 0 Å². The molecule has 1 heterocycles. The summed E-state index contributed by atoms with van der Waals surface area (Å²) in [6.45, 7) is 0.00500. The molecule has 0 atom stereocenters. The van der Waals surface area contributed by atoms with Crippen molar-refractivity contribution in [3.8, 4) is 0 Å². The zero-order valence-corrected chi connectivity index (χ0v) is 12.6. The van der Waals surface area contributed by atoms with Gasteiger partial charge in [-0.1, -0.05) is 12.1 Å². The first-order chi connectivity index (χ1) is 11.9. The van der Waals surface area contributed by atoms with Gasteiger partial charge in [-0.2, -0.15) is 0 Å². The number of carboxylic acids is 1. The van der Waals surface area contributed by atoms with Crippen molar-refractivity contribution in [2.45, 2.75) is 6.54 Å². The van der Waals surface area contributed by atoms with E-state index in [2.05, 4.69) is 4.98 Å². The van der Waals surface area contributed by atoms with Crippen LogP contribution < -0.4 is 11.2 Å². The number of aromatic amines is 1. The quantitative estimate of drug-likeness (QED) is 0.543. The highest BCUT2D eigenvalue weighted by Gasteiger charge is 2.13. The van der Waals surface area contributed by atoms with E-state index >= 15 is 0 Å². The number of rotatable bonds is 4. The minimum Gasteiger partial charge on any atom is -0.478 e. The molecule has 0 aliphatic carbocycles. The number of carbonyl (C=O) groups is 1. The monoisotopic (exact) mass is 341 g/mol. The minimum absolute atomic E-state index is 0.00295. The lowest BCUT2D eigenvalue weighted by Crippen LogP contribution is -2.30. The van der Waals surface area contributed by atoms with E-state index in [1.807, 2.05) is 0 Å². The Bertz CT molecular complexity index is 1130. The zero-order valence-electron chi connectivity index (χ0n) is 12.6. The van der Waals surface area contributed by atoms with Crippen molar-refractivity contribution >= 4 is 22.6 Å². The highest BCUT2D eigenvalue weighted by Crippen LogP contribution is 2.18. The normalized spacial score (nSPS) is 10.7. The first-order valence-corrected chi connectivity index (χ1v) is 7.10. The van der Waals surface area contributed by atoms with Crippen molar-refractivity contribution in [1.29, 1.82) is 0 Å². The Morgan fingerprint density at radius 3 is 2.64 bits per heavy atom. The number of nitrogens with one attached hydrogen (secondary N) is 1. The molecule has 25 heavy (non-hydrogen) atoms. The molecule has 0 aliphatic heterocycles. The van der Waals surface area contributed by atoms with Crippen LogP contribution in [0.3, 0.4) is 0 Å². The third-order valence-electron chi connectivity index (χ3n) is 3.71. The molecular formula is C16H11N3O6. The van der Waals surface area contributed by atoms with Crippen LogP contribution in [0.4, 0.5) is 5.69 Å². The number of H-pyrrole nitrogens is 1. The maximum atomic E-state index is 12.2. The van der Waals surface area contributed by atoms with E-state index in [-0.39, 0.29) is 28.7 Å². The molecule has 2 aromatic carbocycles. The third-order valence-corrected chi connectivity index (χ3v) is 3.71. The van der Waals surface area contributed by atoms with E-state index in [4.69, 9.17) is 5.11 Å². The Morgan fingerprint density at radius 2 is 1.96 bits per heavy atom. The number of aromatic carboxylic acids is 1. The van der Waals surface area contributed by atoms with Crippen molar-refractivity contribution in [3.63, 3.8) is 0 Å². The fourth-order valence-electron chi connectivity index (χ4n) is 2.54. The molecule has 3 aromatic rings. The lowest BCUT2D eigenvalue weighted by molar-refractivity contribution is -0.384. The Kier molecular flexibility index (Phi) is 3.89. The summed E-state index contributed by atoms with van der Waals surface area (Å²) in [6.07, 6.45) is 0. The predicted molar refractivity (Wildman–Crippen MR) is 88.0 cm³/mol. The van der Waals surface area contributed by atoms with Gasteiger partial charge in [0.15, 0.2) is 0 Å². The van der Waals surface area contributed by atoms with Gasteiger partial charge in [-0.15, -0.1) is 0 Å². The smallest absolute Gasteiger partial charge is 0.335 e. The second-order valence-electron chi connectivity index (χ2n) is 5.31. The van der Waals surface area contributed by atoms with Crippen LogP contribution in [0.15, 0.2) is 52.1 Å². The topological polar surface area (TPSA) is 135 Å². The first kappa shape index (κ1) is 16.1. The van der Waals surface area contributed by atoms with Crippen molar-refractivity contribution in [2.24, 2.45) is 0 Å². The van der Waals surface area contributed by atoms with Gasteiger partial charge in [0, 0.05) is 12.1 Å². The van der Waals surface area contributed by atoms with Gasteiger partial charge >= 0.3 is 11.7 Å². The van der Waals surface area contributed by atoms with E-state index in [0.717, 1.165) is 6.07 Å². The summed E-state index contributed by atoms with van der Waals surface area (Å²) in [4.78, 5) is 47.5. The van der Waals surface area contributed by atoms with E-state index in [1.165, 1.54) is 28.8 Å². The average Bonchev–Trinajstić information content (AvgIpc) is 2.58. The molecule has 0 saturated heterocycles. The number of fused-ring (bicyclic) bond motifs is 1. The van der Waals surface area contributed by atoms with Gasteiger partial charge in [-0.05, 0) is 23.8 Å². The van der Waals surface area contributed by atoms with E-state index in [1.54, 1.807) is 12.1 Å². The summed E-state index contributed by atoms with van der Waals surface area (Å²) in [5.74, 6) is -1.10. The SMILES string of the molecule is O=C(O)c1cccc(Cn2c(=O)[nH]c(=O)c3cc([N+](=O)[O-])ccc32)c1. The van der Waals surface area contributed by atoms with Gasteiger partial charge in [-0.3, -0.25) is 24.5 Å². The number of benzene rings is 2. The Hall–Kier alpha value is -3.75. The number of hydrogen-bond acceptors (Lipinski definition) is 5. The molecule has 0 saturated carbocycles. The van der Waals surface area contributed by atoms with Crippen molar-refractivity contribution in [1.82, 2.24) is 9.55 Å². The van der Waals surface area contributed by atoms with E-state index < -0.39 is 22.1 Å². The van der Waals surface area contributed by atoms with Gasteiger partial charge in [0.05, 0.1) is 27.9 Å². The van der Waals surface area contributed by atoms with Gasteiger partial charge < -0.3 is 5.11 Å². The van der Waals surface area contributed by atoms with Gasteiger partial charge in [0.2, 0.25) is 0 Å². The summed E-state index contributed by atoms with van der Waals surface area (Å²) in [6, 6.07) is 9.64. The molecule has 0 bridgehead atoms. The summed E-state index contributed by atoms with van der Waals surface area (Å²) in [5, 5.41) is 19.9. The Labute approximate surface area is 138 Å². The zero-order chi connectivity index (χ0) is 18.1. The highest BCUT2D eigenvalue weighted by molar-refractivity contribution is 5.87. The maximum Gasteiger partial charge on any atom is 0.335 e. The molecule has 9 heteroatoms. The van der Waals surface area contributed by atoms with Crippen LogP contribution in [0, 0.1) is 10.1 Å². The molecule has 1 aromatic heterocycles. The third kappa shape index (κ3) is 3.02. The molecule has 0 unspecified atom stereocenters. The number of non-ortho nitro benzene ring substituents is 1. The molecule has 2 N–H and O–H groups in total. The van der Waals surface area contributed by atoms with E-state index in [0.29, 0.717) is 5.56 Å². The van der Waals surface area contributed by atoms with Crippen LogP contribution in [0.25, 0.3) is 10.9 Å². The number of nitrogens with zero attached hydrogens (tertiary/aromatic N) is 2. The summed E-state index contributed by atoms with van der Waals surface area (Å²) in [5.41, 5.74) is -0.855. The highest BCUT2D eigenvalue weighted by atomic mass is 16.6. The van der Waals surface area contributed by atoms with Gasteiger partial charge in [0.1, 0.15) is 0 Å². The number of nitro groups is 1. The molecule has 3 rings (SSSR count). The lowest BCUT2D eigenvalue weighted by atomic mass is 10.1. The fraction of sp³-hybridized carbons (Fsp3) is 0.0625. The lowest BCUT2D eigenvalue weighted by Gasteiger charge is -2.10. The second kappa shape index (κ2) is 6.04. The fourth-order valence-corrected chi connectivity index (χ4v) is 2.54. The standard InChI is InChI=1S/C16H11N3O6/c20-14-12-7-11(19(24)25)4-5-13(12)18(16(23)17-14)8-9-2-1-3-10(6-9)15(21)22/h1-7H,8H2,(H,21,22)(H,17,20,23). The number of carboxylic acid groups (broad SMARTS) is 1. The van der Waals surface area contributed by atoms with Crippen molar-refractivity contribution in [3.05, 3.63) is 84.5 Å². The number of nitro benzene ring substituents is 1. The molecule has 0 fully saturated rings. The first-order valence-electron chi connectivity index (χ1n) is 7.10. The molecule has 0 radical (unpaired) electrons. The van der Waals surface area contributed by atoms with Crippen LogP contribution in [-0.2, 0) is 6.54 Å². The molecule has 0 spiro atoms. The van der Waals surface area contributed by atoms with Gasteiger partial charge in [0.25, 0.3) is 11.2 Å². The maximum absolute atomic E-state index is 12.2. The minimum atomic E-state index is -1.10. The summed E-state index contributed by atoms with van der Waals surface area (Å²) >= 11 is 0. The Balaban J connectivity index is 2.18. The summed E-state index contributed by atoms with van der Waals surface area (Å²) < 4.78 is 1.22. The van der Waals surface area contributed by atoms with Crippen LogP contribution in [-0.4, -0.2) is 25.6 Å². The van der Waals surface area contributed by atoms with Crippen molar-refractivity contribution < 1.29 is 14.8 Å². The second-order valence-corrected chi connectivity index (χ2v) is 5.31. The molecule has 126 valence electrons. The number of hydrogen-bond donors (Lipinski definition) is 2. The van der Waals surface area contributed by atoms with Crippen LogP contribution >= 0.6 is 0 Å². The number of aromatic nitrogens is 2.